The molecule has 2 saturated heterocycles. The van der Waals surface area contributed by atoms with Crippen LogP contribution in [0, 0.1) is 0 Å². The molecule has 8 nitrogen and oxygen atoms in total. The fourth-order valence-corrected chi connectivity index (χ4v) is 4.07. The molecule has 10 heteroatoms. The number of esters is 1. The number of benzene rings is 2. The van der Waals surface area contributed by atoms with Crippen LogP contribution in [0.1, 0.15) is 27.1 Å². The lowest BCUT2D eigenvalue weighted by Gasteiger charge is -2.30. The van der Waals surface area contributed by atoms with E-state index in [1.54, 1.807) is 0 Å². The second-order valence-corrected chi connectivity index (χ2v) is 8.43. The van der Waals surface area contributed by atoms with Gasteiger partial charge in [-0.3, -0.25) is 19.3 Å². The summed E-state index contributed by atoms with van der Waals surface area (Å²) in [5.74, 6) is -1.72. The molecule has 2 heterocycles. The number of morpholine rings is 1. The second kappa shape index (κ2) is 10.0. The van der Waals surface area contributed by atoms with Crippen LogP contribution < -0.4 is 4.90 Å². The Kier molecular flexibility index (Phi) is 7.09. The van der Waals surface area contributed by atoms with Crippen LogP contribution in [0.15, 0.2) is 42.5 Å². The first kappa shape index (κ1) is 23.4. The Balaban J connectivity index is 1.37. The number of nitrogens with zero attached hydrogens (tertiary/aromatic N) is 2. The van der Waals surface area contributed by atoms with Gasteiger partial charge in [0.2, 0.25) is 5.91 Å². The molecule has 0 spiro atoms. The van der Waals surface area contributed by atoms with Crippen molar-refractivity contribution in [1.82, 2.24) is 4.90 Å². The van der Waals surface area contributed by atoms with Crippen molar-refractivity contribution < 1.29 is 28.7 Å². The van der Waals surface area contributed by atoms with Crippen LogP contribution in [0.3, 0.4) is 0 Å². The predicted octanol–water partition coefficient (Wildman–Crippen LogP) is 3.00. The van der Waals surface area contributed by atoms with Crippen LogP contribution in [-0.4, -0.2) is 67.4 Å². The molecule has 0 aromatic heterocycles. The first-order valence-corrected chi connectivity index (χ1v) is 11.0. The van der Waals surface area contributed by atoms with Crippen molar-refractivity contribution in [2.45, 2.75) is 12.5 Å². The number of imide groups is 1. The van der Waals surface area contributed by atoms with Gasteiger partial charge in [0.25, 0.3) is 5.91 Å². The van der Waals surface area contributed by atoms with E-state index in [-0.39, 0.29) is 34.4 Å². The molecule has 0 bridgehead atoms. The molecule has 0 radical (unpaired) electrons. The minimum Gasteiger partial charge on any atom is -0.454 e. The molecule has 172 valence electrons. The zero-order chi connectivity index (χ0) is 23.5. The maximum Gasteiger partial charge on any atom is 0.338 e. The van der Waals surface area contributed by atoms with Gasteiger partial charge in [0.05, 0.1) is 47.0 Å². The van der Waals surface area contributed by atoms with E-state index < -0.39 is 24.4 Å². The molecule has 4 rings (SSSR count). The number of carbonyl (C=O) groups is 4. The molecule has 2 aliphatic heterocycles. The Morgan fingerprint density at radius 3 is 2.30 bits per heavy atom. The van der Waals surface area contributed by atoms with Crippen molar-refractivity contribution in [3.05, 3.63) is 63.6 Å². The third-order valence-corrected chi connectivity index (χ3v) is 6.29. The van der Waals surface area contributed by atoms with E-state index in [4.69, 9.17) is 32.7 Å². The number of ether oxygens (including phenoxy) is 2. The van der Waals surface area contributed by atoms with Crippen molar-refractivity contribution in [2.24, 2.45) is 0 Å². The minimum atomic E-state index is -0.708. The summed E-state index contributed by atoms with van der Waals surface area (Å²) >= 11 is 11.7. The monoisotopic (exact) mass is 490 g/mol. The number of hydrogen-bond acceptors (Lipinski definition) is 7. The number of hydrogen-bond donors (Lipinski definition) is 0. The highest BCUT2D eigenvalue weighted by molar-refractivity contribution is 6.42. The van der Waals surface area contributed by atoms with Crippen molar-refractivity contribution in [1.29, 1.82) is 0 Å². The lowest BCUT2D eigenvalue weighted by Crippen LogP contribution is -2.47. The Morgan fingerprint density at radius 1 is 0.970 bits per heavy atom. The standard InChI is InChI=1S/C23H20Cl2N2O6/c24-17-6-3-15(11-18(17)25)20(28)13-33-23(31)14-1-4-16(5-2-14)27-21(29)12-19(22(27)30)26-7-9-32-10-8-26/h1-6,11,19H,7-10,12-13H2. The van der Waals surface area contributed by atoms with E-state index in [2.05, 4.69) is 0 Å². The van der Waals surface area contributed by atoms with Crippen LogP contribution in [-0.2, 0) is 19.1 Å². The van der Waals surface area contributed by atoms with Gasteiger partial charge in [-0.2, -0.15) is 0 Å². The van der Waals surface area contributed by atoms with Crippen LogP contribution >= 0.6 is 23.2 Å². The van der Waals surface area contributed by atoms with E-state index in [1.165, 1.54) is 42.5 Å². The summed E-state index contributed by atoms with van der Waals surface area (Å²) in [5, 5.41) is 0.544. The van der Waals surface area contributed by atoms with Crippen molar-refractivity contribution in [2.75, 3.05) is 37.8 Å². The fraction of sp³-hybridized carbons (Fsp3) is 0.304. The van der Waals surface area contributed by atoms with Gasteiger partial charge in [-0.25, -0.2) is 9.69 Å². The SMILES string of the molecule is O=C(COC(=O)c1ccc(N2C(=O)CC(N3CCOCC3)C2=O)cc1)c1ccc(Cl)c(Cl)c1. The van der Waals surface area contributed by atoms with Gasteiger partial charge in [-0.15, -0.1) is 0 Å². The molecule has 33 heavy (non-hydrogen) atoms. The fourth-order valence-electron chi connectivity index (χ4n) is 3.78. The lowest BCUT2D eigenvalue weighted by atomic mass is 10.1. The topological polar surface area (TPSA) is 93.2 Å². The number of carbonyl (C=O) groups excluding carboxylic acids is 4. The van der Waals surface area contributed by atoms with E-state index >= 15 is 0 Å². The van der Waals surface area contributed by atoms with Gasteiger partial charge >= 0.3 is 5.97 Å². The normalized spacial score (nSPS) is 19.1. The van der Waals surface area contributed by atoms with Gasteiger partial charge in [0, 0.05) is 18.7 Å². The highest BCUT2D eigenvalue weighted by Crippen LogP contribution is 2.27. The molecule has 2 fully saturated rings. The molecular weight excluding hydrogens is 471 g/mol. The molecule has 0 aliphatic carbocycles. The van der Waals surface area contributed by atoms with Gasteiger partial charge in [0.15, 0.2) is 12.4 Å². The Bertz CT molecular complexity index is 1100. The molecule has 0 saturated carbocycles. The van der Waals surface area contributed by atoms with Crippen molar-refractivity contribution in [3.8, 4) is 0 Å². The first-order valence-electron chi connectivity index (χ1n) is 10.3. The van der Waals surface area contributed by atoms with E-state index in [0.29, 0.717) is 37.0 Å². The summed E-state index contributed by atoms with van der Waals surface area (Å²) in [6, 6.07) is 9.80. The average molecular weight is 491 g/mol. The van der Waals surface area contributed by atoms with Crippen LogP contribution in [0.4, 0.5) is 5.69 Å². The maximum absolute atomic E-state index is 12.9. The van der Waals surface area contributed by atoms with Crippen LogP contribution in [0.2, 0.25) is 10.0 Å². The van der Waals surface area contributed by atoms with Gasteiger partial charge in [-0.05, 0) is 42.5 Å². The van der Waals surface area contributed by atoms with E-state index in [9.17, 15) is 19.2 Å². The Labute approximate surface area is 199 Å². The second-order valence-electron chi connectivity index (χ2n) is 7.61. The molecule has 2 amide bonds. The third kappa shape index (κ3) is 5.09. The quantitative estimate of drug-likeness (QED) is 0.349. The van der Waals surface area contributed by atoms with Crippen LogP contribution in [0.25, 0.3) is 0 Å². The summed E-state index contributed by atoms with van der Waals surface area (Å²) in [5.41, 5.74) is 0.835. The summed E-state index contributed by atoms with van der Waals surface area (Å²) < 4.78 is 10.4. The highest BCUT2D eigenvalue weighted by atomic mass is 35.5. The molecule has 0 N–H and O–H groups in total. The van der Waals surface area contributed by atoms with Gasteiger partial charge in [0.1, 0.15) is 0 Å². The number of amides is 2. The Hall–Kier alpha value is -2.78. The summed E-state index contributed by atoms with van der Waals surface area (Å²) in [6.07, 6.45) is 0.111. The molecule has 2 aromatic rings. The summed E-state index contributed by atoms with van der Waals surface area (Å²) in [7, 11) is 0. The van der Waals surface area contributed by atoms with E-state index in [0.717, 1.165) is 4.90 Å². The predicted molar refractivity (Wildman–Crippen MR) is 121 cm³/mol. The Morgan fingerprint density at radius 2 is 1.64 bits per heavy atom. The third-order valence-electron chi connectivity index (χ3n) is 5.55. The maximum atomic E-state index is 12.9. The lowest BCUT2D eigenvalue weighted by molar-refractivity contribution is -0.123. The minimum absolute atomic E-state index is 0.111. The van der Waals surface area contributed by atoms with E-state index in [1.807, 2.05) is 4.90 Å². The zero-order valence-corrected chi connectivity index (χ0v) is 19.0. The summed E-state index contributed by atoms with van der Waals surface area (Å²) in [6.45, 7) is 1.79. The number of Topliss-reactive ketones (excluding diaryl/α,β-unsaturated/α-hetero) is 1. The molecule has 2 aliphatic rings. The first-order chi connectivity index (χ1) is 15.8. The molecule has 2 aromatic carbocycles. The smallest absolute Gasteiger partial charge is 0.338 e. The van der Waals surface area contributed by atoms with Gasteiger partial charge < -0.3 is 9.47 Å². The molecule has 1 unspecified atom stereocenters. The number of rotatable bonds is 6. The van der Waals surface area contributed by atoms with Crippen LogP contribution in [0.5, 0.6) is 0 Å². The summed E-state index contributed by atoms with van der Waals surface area (Å²) in [4.78, 5) is 53.0. The van der Waals surface area contributed by atoms with Crippen molar-refractivity contribution >= 4 is 52.5 Å². The zero-order valence-electron chi connectivity index (χ0n) is 17.5. The molecule has 1 atom stereocenters. The average Bonchev–Trinajstić information content (AvgIpc) is 3.13. The van der Waals surface area contributed by atoms with Gasteiger partial charge in [-0.1, -0.05) is 23.2 Å². The largest absolute Gasteiger partial charge is 0.454 e. The number of anilines is 1. The number of ketones is 1. The van der Waals surface area contributed by atoms with Crippen molar-refractivity contribution in [3.63, 3.8) is 0 Å². The number of halogens is 2. The molecular formula is C23H20Cl2N2O6. The highest BCUT2D eigenvalue weighted by Gasteiger charge is 2.43.